The number of furan rings is 1. The summed E-state index contributed by atoms with van der Waals surface area (Å²) in [5, 5.41) is -3.15. The molecule has 0 aliphatic carbocycles. The normalized spacial score (nSPS) is 18.9. The van der Waals surface area contributed by atoms with Crippen molar-refractivity contribution in [2.75, 3.05) is 0 Å². The molecule has 1 aromatic heterocycles. The topological polar surface area (TPSA) is 13.1 Å². The summed E-state index contributed by atoms with van der Waals surface area (Å²) in [5.74, 6) is 0. The molecule has 200 valence electrons. The van der Waals surface area contributed by atoms with Crippen LogP contribution in [0.1, 0.15) is 30.2 Å². The lowest BCUT2D eigenvalue weighted by Gasteiger charge is -2.18. The largest absolute Gasteiger partial charge is 0.456 e. The van der Waals surface area contributed by atoms with Crippen molar-refractivity contribution in [1.82, 2.24) is 0 Å². The molecule has 1 heterocycles. The Morgan fingerprint density at radius 1 is 0.372 bits per heavy atom. The third kappa shape index (κ3) is 3.79. The molecular formula is C42H26O. The van der Waals surface area contributed by atoms with E-state index in [-0.39, 0.29) is 16.6 Å². The van der Waals surface area contributed by atoms with E-state index < -0.39 is 199 Å². The molecule has 0 saturated carbocycles. The maximum atomic E-state index is 9.72. The van der Waals surface area contributed by atoms with Gasteiger partial charge in [-0.25, -0.2) is 0 Å². The second-order valence-corrected chi connectivity index (χ2v) is 9.55. The highest BCUT2D eigenvalue weighted by Gasteiger charge is 2.18. The third-order valence-electron chi connectivity index (χ3n) is 7.15. The number of benzene rings is 8. The second-order valence-electron chi connectivity index (χ2n) is 9.55. The number of para-hydroxylation sites is 1. The Kier molecular flexibility index (Phi) is 2.39. The molecule has 0 unspecified atom stereocenters. The summed E-state index contributed by atoms with van der Waals surface area (Å²) >= 11 is 0. The minimum absolute atomic E-state index is 0.00599. The predicted octanol–water partition coefficient (Wildman–Crippen LogP) is 12.0. The molecule has 1 heteroatoms. The van der Waals surface area contributed by atoms with Crippen LogP contribution in [0.5, 0.6) is 0 Å². The first kappa shape index (κ1) is 10.9. The van der Waals surface area contributed by atoms with Gasteiger partial charge in [0.1, 0.15) is 11.2 Å². The summed E-state index contributed by atoms with van der Waals surface area (Å²) in [4.78, 5) is 0. The van der Waals surface area contributed by atoms with Gasteiger partial charge >= 0.3 is 0 Å². The van der Waals surface area contributed by atoms with Crippen LogP contribution in [0.4, 0.5) is 0 Å². The van der Waals surface area contributed by atoms with Gasteiger partial charge in [-0.05, 0) is 95.9 Å². The zero-order chi connectivity index (χ0) is 47.5. The van der Waals surface area contributed by atoms with Crippen LogP contribution >= 0.6 is 0 Å². The Hall–Kier alpha value is -5.66. The van der Waals surface area contributed by atoms with Gasteiger partial charge in [-0.1, -0.05) is 127 Å². The molecule has 0 saturated heterocycles. The molecule has 9 rings (SSSR count). The number of hydrogen-bond acceptors (Lipinski definition) is 1. The zero-order valence-corrected chi connectivity index (χ0v) is 21.7. The van der Waals surface area contributed by atoms with E-state index in [1.165, 1.54) is 0 Å². The second kappa shape index (κ2) is 9.44. The number of hydrogen-bond donors (Lipinski definition) is 0. The molecule has 0 aliphatic rings. The molecule has 0 atom stereocenters. The van der Waals surface area contributed by atoms with Gasteiger partial charge in [0.2, 0.25) is 0 Å². The number of fused-ring (bicyclic) bond motifs is 6. The molecule has 0 N–H and O–H groups in total. The maximum absolute atomic E-state index is 9.72. The van der Waals surface area contributed by atoms with Crippen molar-refractivity contribution in [3.05, 3.63) is 157 Å². The van der Waals surface area contributed by atoms with Crippen LogP contribution in [0.25, 0.3) is 87.6 Å². The van der Waals surface area contributed by atoms with E-state index in [9.17, 15) is 12.3 Å². The molecule has 43 heavy (non-hydrogen) atoms. The molecule has 8 aromatic carbocycles. The lowest BCUT2D eigenvalue weighted by molar-refractivity contribution is 0.669. The van der Waals surface area contributed by atoms with Gasteiger partial charge in [-0.2, -0.15) is 0 Å². The monoisotopic (exact) mass is 568 g/mol. The molecule has 1 nitrogen and oxygen atoms in total. The fourth-order valence-corrected chi connectivity index (χ4v) is 5.28. The lowest BCUT2D eigenvalue weighted by Crippen LogP contribution is -1.91. The van der Waals surface area contributed by atoms with Gasteiger partial charge < -0.3 is 4.42 Å². The van der Waals surface area contributed by atoms with Crippen molar-refractivity contribution in [3.63, 3.8) is 0 Å². The van der Waals surface area contributed by atoms with Crippen molar-refractivity contribution < 1.29 is 34.6 Å². The molecule has 0 radical (unpaired) electrons. The quantitative estimate of drug-likeness (QED) is 0.193. The summed E-state index contributed by atoms with van der Waals surface area (Å²) in [6.45, 7) is 0. The van der Waals surface area contributed by atoms with Crippen LogP contribution in [0.2, 0.25) is 0 Å². The Bertz CT molecular complexity index is 3660. The van der Waals surface area contributed by atoms with Gasteiger partial charge in [0, 0.05) is 10.8 Å². The van der Waals surface area contributed by atoms with E-state index in [0.717, 1.165) is 0 Å². The first-order chi connectivity index (χ1) is 30.5. The molecule has 0 amide bonds. The van der Waals surface area contributed by atoms with Gasteiger partial charge in [-0.3, -0.25) is 0 Å². The summed E-state index contributed by atoms with van der Waals surface area (Å²) in [6, 6.07) is -12.1. The lowest BCUT2D eigenvalue weighted by atomic mass is 9.85. The average Bonchev–Trinajstić information content (AvgIpc) is 3.68. The molecule has 0 bridgehead atoms. The highest BCUT2D eigenvalue weighted by Crippen LogP contribution is 2.45. The SMILES string of the molecule is [2H]c1c([2H])c(-c2c([2H])c([2H])c3c([2H])c([2H])c([2H])c([2H])c3c2[2H])c([2H])c(-c2c3c([2H])c([2H])c([2H])c([2H])c3c(-c3c([2H])c([2H])c4oc5ccccc5c4c3[2H])c3c([2H])c([2H])c([2H])c([2H])c23)c1[2H]. The van der Waals surface area contributed by atoms with Crippen LogP contribution in [0, 0.1) is 0 Å². The smallest absolute Gasteiger partial charge is 0.135 e. The van der Waals surface area contributed by atoms with Crippen molar-refractivity contribution in [2.45, 2.75) is 0 Å². The predicted molar refractivity (Wildman–Crippen MR) is 183 cm³/mol. The highest BCUT2D eigenvalue weighted by atomic mass is 16.3. The maximum Gasteiger partial charge on any atom is 0.135 e. The summed E-state index contributed by atoms with van der Waals surface area (Å²) < 4.78 is 204. The Labute approximate surface area is 280 Å². The van der Waals surface area contributed by atoms with Crippen molar-refractivity contribution >= 4 is 54.3 Å². The fraction of sp³-hybridized carbons (Fsp3) is 0. The van der Waals surface area contributed by atoms with E-state index in [1.54, 1.807) is 24.3 Å². The Balaban J connectivity index is 1.58. The van der Waals surface area contributed by atoms with E-state index >= 15 is 0 Å². The van der Waals surface area contributed by atoms with Gasteiger partial charge in [0.05, 0.1) is 30.2 Å². The van der Waals surface area contributed by atoms with Crippen LogP contribution in [-0.4, -0.2) is 0 Å². The average molecular weight is 569 g/mol. The summed E-state index contributed by atoms with van der Waals surface area (Å²) in [5.41, 5.74) is -3.91. The fourth-order valence-electron chi connectivity index (χ4n) is 5.28. The first-order valence-corrected chi connectivity index (χ1v) is 13.0. The zero-order valence-electron chi connectivity index (χ0n) is 43.7. The van der Waals surface area contributed by atoms with Crippen LogP contribution in [0.3, 0.4) is 0 Å². The first-order valence-electron chi connectivity index (χ1n) is 24.0. The van der Waals surface area contributed by atoms with Crippen LogP contribution in [-0.2, 0) is 0 Å². The van der Waals surface area contributed by atoms with Crippen molar-refractivity contribution in [3.8, 4) is 33.4 Å². The van der Waals surface area contributed by atoms with Crippen molar-refractivity contribution in [2.24, 2.45) is 0 Å². The highest BCUT2D eigenvalue weighted by molar-refractivity contribution is 6.22. The standard InChI is InChI=1S/C42H26O/c1-2-11-28-24-30(21-20-27(28)10-1)29-12-9-13-31(25-29)41-34-15-3-5-17-36(34)42(37-18-6-4-16-35(37)41)32-22-23-40-38(26-32)33-14-7-8-19-39(33)43-40/h1-26H/i1D,2D,3D,4D,5D,6D,9D,10D,11D,12D,13D,15D,16D,17D,18D,20D,21D,22D,23D,24D,25D,26D. The summed E-state index contributed by atoms with van der Waals surface area (Å²) in [7, 11) is 0. The molecule has 0 aliphatic heterocycles. The van der Waals surface area contributed by atoms with E-state index in [0.29, 0.717) is 5.39 Å². The van der Waals surface area contributed by atoms with Gasteiger partial charge in [-0.15, -0.1) is 0 Å². The van der Waals surface area contributed by atoms with Gasteiger partial charge in [0.15, 0.2) is 0 Å². The van der Waals surface area contributed by atoms with E-state index in [2.05, 4.69) is 0 Å². The number of rotatable bonds is 3. The molecule has 0 spiro atoms. The van der Waals surface area contributed by atoms with E-state index in [1.807, 2.05) is 0 Å². The van der Waals surface area contributed by atoms with Crippen LogP contribution < -0.4 is 0 Å². The molecule has 9 aromatic rings. The Morgan fingerprint density at radius 2 is 0.953 bits per heavy atom. The van der Waals surface area contributed by atoms with Crippen LogP contribution in [0.15, 0.2) is 162 Å². The van der Waals surface area contributed by atoms with Gasteiger partial charge in [0.25, 0.3) is 0 Å². The molecular weight excluding hydrogens is 520 g/mol. The molecule has 0 fully saturated rings. The third-order valence-corrected chi connectivity index (χ3v) is 7.15. The van der Waals surface area contributed by atoms with Crippen molar-refractivity contribution in [1.29, 1.82) is 0 Å². The Morgan fingerprint density at radius 3 is 1.70 bits per heavy atom. The minimum Gasteiger partial charge on any atom is -0.456 e. The minimum atomic E-state index is -1.00. The van der Waals surface area contributed by atoms with E-state index in [4.69, 9.17) is 22.2 Å². The summed E-state index contributed by atoms with van der Waals surface area (Å²) in [6.07, 6.45) is 0.